The molecule has 116 valence electrons. The summed E-state index contributed by atoms with van der Waals surface area (Å²) in [4.78, 5) is 4.27. The van der Waals surface area contributed by atoms with E-state index in [2.05, 4.69) is 4.98 Å². The molecule has 4 nitrogen and oxygen atoms in total. The van der Waals surface area contributed by atoms with Crippen LogP contribution in [0.1, 0.15) is 12.8 Å². The number of nitrogen functional groups attached to an aromatic ring is 1. The van der Waals surface area contributed by atoms with Gasteiger partial charge in [0.1, 0.15) is 11.9 Å². The zero-order chi connectivity index (χ0) is 15.5. The van der Waals surface area contributed by atoms with E-state index in [4.69, 9.17) is 26.8 Å². The summed E-state index contributed by atoms with van der Waals surface area (Å²) < 4.78 is 24.7. The van der Waals surface area contributed by atoms with Crippen molar-refractivity contribution in [2.24, 2.45) is 0 Å². The Morgan fingerprint density at radius 1 is 1.27 bits per heavy atom. The third-order valence-electron chi connectivity index (χ3n) is 3.59. The van der Waals surface area contributed by atoms with Gasteiger partial charge < -0.3 is 15.2 Å². The van der Waals surface area contributed by atoms with E-state index in [0.29, 0.717) is 35.2 Å². The fourth-order valence-electron chi connectivity index (χ4n) is 2.36. The van der Waals surface area contributed by atoms with E-state index in [1.54, 1.807) is 18.3 Å². The number of anilines is 1. The Labute approximate surface area is 133 Å². The predicted octanol–water partition coefficient (Wildman–Crippen LogP) is 3.68. The molecule has 0 atom stereocenters. The van der Waals surface area contributed by atoms with Gasteiger partial charge in [-0.2, -0.15) is 0 Å². The highest BCUT2D eigenvalue weighted by Gasteiger charge is 2.16. The lowest BCUT2D eigenvalue weighted by molar-refractivity contribution is 0.0237. The normalized spacial score (nSPS) is 15.7. The van der Waals surface area contributed by atoms with Gasteiger partial charge in [-0.15, -0.1) is 0 Å². The van der Waals surface area contributed by atoms with Crippen LogP contribution in [0.3, 0.4) is 0 Å². The van der Waals surface area contributed by atoms with Crippen LogP contribution in [-0.2, 0) is 4.74 Å². The summed E-state index contributed by atoms with van der Waals surface area (Å²) in [6, 6.07) is 6.28. The van der Waals surface area contributed by atoms with Crippen LogP contribution in [-0.4, -0.2) is 24.3 Å². The third-order valence-corrected chi connectivity index (χ3v) is 3.90. The first-order valence-corrected chi connectivity index (χ1v) is 7.46. The molecule has 2 heterocycles. The van der Waals surface area contributed by atoms with Crippen molar-refractivity contribution < 1.29 is 13.9 Å². The molecule has 0 unspecified atom stereocenters. The summed E-state index contributed by atoms with van der Waals surface area (Å²) in [7, 11) is 0. The molecule has 1 aliphatic heterocycles. The van der Waals surface area contributed by atoms with Crippen LogP contribution in [0.4, 0.5) is 10.1 Å². The maximum Gasteiger partial charge on any atom is 0.213 e. The van der Waals surface area contributed by atoms with Crippen LogP contribution in [0.2, 0.25) is 5.02 Å². The highest BCUT2D eigenvalue weighted by Crippen LogP contribution is 2.31. The van der Waals surface area contributed by atoms with Gasteiger partial charge in [-0.3, -0.25) is 0 Å². The molecule has 0 radical (unpaired) electrons. The maximum absolute atomic E-state index is 13.6. The zero-order valence-electron chi connectivity index (χ0n) is 11.9. The van der Waals surface area contributed by atoms with Crippen LogP contribution in [0.25, 0.3) is 11.1 Å². The lowest BCUT2D eigenvalue weighted by Gasteiger charge is -2.22. The van der Waals surface area contributed by atoms with E-state index in [1.165, 1.54) is 12.1 Å². The van der Waals surface area contributed by atoms with Crippen molar-refractivity contribution in [3.63, 3.8) is 0 Å². The fraction of sp³-hybridized carbons (Fsp3) is 0.312. The average Bonchev–Trinajstić information content (AvgIpc) is 2.53. The van der Waals surface area contributed by atoms with Crippen LogP contribution in [0.5, 0.6) is 5.88 Å². The van der Waals surface area contributed by atoms with Crippen molar-refractivity contribution >= 4 is 17.3 Å². The molecule has 0 saturated carbocycles. The highest BCUT2D eigenvalue weighted by atomic mass is 35.5. The molecule has 0 bridgehead atoms. The molecule has 22 heavy (non-hydrogen) atoms. The molecule has 3 rings (SSSR count). The van der Waals surface area contributed by atoms with Crippen LogP contribution < -0.4 is 10.5 Å². The summed E-state index contributed by atoms with van der Waals surface area (Å²) in [6.45, 7) is 1.42. The van der Waals surface area contributed by atoms with Gasteiger partial charge in [0.25, 0.3) is 0 Å². The van der Waals surface area contributed by atoms with Gasteiger partial charge in [0, 0.05) is 36.2 Å². The number of hydrogen-bond acceptors (Lipinski definition) is 4. The molecule has 1 saturated heterocycles. The summed E-state index contributed by atoms with van der Waals surface area (Å²) in [6.07, 6.45) is 3.46. The Bertz CT molecular complexity index is 658. The first kappa shape index (κ1) is 15.1. The van der Waals surface area contributed by atoms with Crippen LogP contribution >= 0.6 is 11.6 Å². The Kier molecular flexibility index (Phi) is 4.45. The molecule has 1 aromatic carbocycles. The minimum atomic E-state index is -0.498. The SMILES string of the molecule is Nc1cc(Cl)c(-c2ccc(OC3CCOCC3)nc2)cc1F. The largest absolute Gasteiger partial charge is 0.474 e. The Hall–Kier alpha value is -1.85. The molecule has 2 aromatic rings. The fourth-order valence-corrected chi connectivity index (χ4v) is 2.64. The number of pyridine rings is 1. The lowest BCUT2D eigenvalue weighted by Crippen LogP contribution is -2.26. The number of ether oxygens (including phenoxy) is 2. The summed E-state index contributed by atoms with van der Waals surface area (Å²) in [5.41, 5.74) is 6.78. The first-order chi connectivity index (χ1) is 10.6. The summed E-state index contributed by atoms with van der Waals surface area (Å²) >= 11 is 6.11. The summed E-state index contributed by atoms with van der Waals surface area (Å²) in [5, 5.41) is 0.388. The van der Waals surface area contributed by atoms with Crippen molar-refractivity contribution in [2.75, 3.05) is 18.9 Å². The van der Waals surface area contributed by atoms with E-state index in [0.717, 1.165) is 12.8 Å². The van der Waals surface area contributed by atoms with E-state index in [-0.39, 0.29) is 11.8 Å². The molecule has 0 spiro atoms. The maximum atomic E-state index is 13.6. The van der Waals surface area contributed by atoms with Gasteiger partial charge in [-0.1, -0.05) is 11.6 Å². The molecule has 0 amide bonds. The Balaban J connectivity index is 1.77. The minimum Gasteiger partial charge on any atom is -0.474 e. The number of nitrogens with zero attached hydrogens (tertiary/aromatic N) is 1. The lowest BCUT2D eigenvalue weighted by atomic mass is 10.1. The molecule has 2 N–H and O–H groups in total. The standard InChI is InChI=1S/C16H16ClFN2O2/c17-13-8-15(19)14(18)7-12(13)10-1-2-16(20-9-10)22-11-3-5-21-6-4-11/h1-2,7-9,11H,3-6,19H2. The van der Waals surface area contributed by atoms with Gasteiger partial charge in [0.2, 0.25) is 5.88 Å². The van der Waals surface area contributed by atoms with Crippen molar-refractivity contribution in [1.29, 1.82) is 0 Å². The molecule has 0 aliphatic carbocycles. The Morgan fingerprint density at radius 2 is 2.05 bits per heavy atom. The number of nitrogens with two attached hydrogens (primary N) is 1. The number of hydrogen-bond donors (Lipinski definition) is 1. The van der Waals surface area contributed by atoms with E-state index in [1.807, 2.05) is 0 Å². The molecule has 1 aromatic heterocycles. The second-order valence-corrected chi connectivity index (χ2v) is 5.58. The minimum absolute atomic E-state index is 0.0289. The third kappa shape index (κ3) is 3.31. The highest BCUT2D eigenvalue weighted by molar-refractivity contribution is 6.33. The van der Waals surface area contributed by atoms with Crippen molar-refractivity contribution in [3.05, 3.63) is 41.3 Å². The molecular formula is C16H16ClFN2O2. The topological polar surface area (TPSA) is 57.4 Å². The quantitative estimate of drug-likeness (QED) is 0.876. The van der Waals surface area contributed by atoms with Gasteiger partial charge >= 0.3 is 0 Å². The second-order valence-electron chi connectivity index (χ2n) is 5.17. The summed E-state index contributed by atoms with van der Waals surface area (Å²) in [5.74, 6) is 0.0459. The second kappa shape index (κ2) is 6.50. The van der Waals surface area contributed by atoms with Crippen molar-refractivity contribution in [2.45, 2.75) is 18.9 Å². The van der Waals surface area contributed by atoms with Gasteiger partial charge in [-0.25, -0.2) is 9.37 Å². The predicted molar refractivity (Wildman–Crippen MR) is 83.5 cm³/mol. The van der Waals surface area contributed by atoms with Crippen LogP contribution in [0.15, 0.2) is 30.5 Å². The number of benzene rings is 1. The Morgan fingerprint density at radius 3 is 2.73 bits per heavy atom. The monoisotopic (exact) mass is 322 g/mol. The van der Waals surface area contributed by atoms with Crippen molar-refractivity contribution in [3.8, 4) is 17.0 Å². The molecular weight excluding hydrogens is 307 g/mol. The first-order valence-electron chi connectivity index (χ1n) is 7.09. The zero-order valence-corrected chi connectivity index (χ0v) is 12.6. The molecule has 1 fully saturated rings. The smallest absolute Gasteiger partial charge is 0.213 e. The van der Waals surface area contributed by atoms with E-state index >= 15 is 0 Å². The van der Waals surface area contributed by atoms with Crippen LogP contribution in [0, 0.1) is 5.82 Å². The molecule has 6 heteroatoms. The van der Waals surface area contributed by atoms with E-state index in [9.17, 15) is 4.39 Å². The van der Waals surface area contributed by atoms with E-state index < -0.39 is 5.82 Å². The van der Waals surface area contributed by atoms with Crippen molar-refractivity contribution in [1.82, 2.24) is 4.98 Å². The molecule has 1 aliphatic rings. The average molecular weight is 323 g/mol. The number of aromatic nitrogens is 1. The van der Waals surface area contributed by atoms with Gasteiger partial charge in [0.15, 0.2) is 0 Å². The number of halogens is 2. The van der Waals surface area contributed by atoms with Gasteiger partial charge in [-0.05, 0) is 18.2 Å². The van der Waals surface area contributed by atoms with Gasteiger partial charge in [0.05, 0.1) is 23.9 Å². The number of rotatable bonds is 3.